The van der Waals surface area contributed by atoms with Crippen molar-refractivity contribution in [1.29, 1.82) is 0 Å². The maximum atomic E-state index is 13.0. The van der Waals surface area contributed by atoms with Gasteiger partial charge in [-0.1, -0.05) is 6.07 Å². The van der Waals surface area contributed by atoms with E-state index in [4.69, 9.17) is 0 Å². The van der Waals surface area contributed by atoms with Crippen molar-refractivity contribution in [3.8, 4) is 0 Å². The SMILES string of the molecule is O=S(=O)(c1cccc(F)c1)N1CC[CH]CC1. The van der Waals surface area contributed by atoms with E-state index >= 15 is 0 Å². The van der Waals surface area contributed by atoms with Gasteiger partial charge in [0.25, 0.3) is 0 Å². The van der Waals surface area contributed by atoms with E-state index < -0.39 is 15.8 Å². The molecule has 87 valence electrons. The topological polar surface area (TPSA) is 37.4 Å². The molecule has 0 aromatic heterocycles. The van der Waals surface area contributed by atoms with Gasteiger partial charge >= 0.3 is 0 Å². The zero-order chi connectivity index (χ0) is 11.6. The van der Waals surface area contributed by atoms with Crippen molar-refractivity contribution in [2.45, 2.75) is 17.7 Å². The molecule has 0 amide bonds. The summed E-state index contributed by atoms with van der Waals surface area (Å²) >= 11 is 0. The third-order valence-electron chi connectivity index (χ3n) is 2.60. The van der Waals surface area contributed by atoms with Gasteiger partial charge in [-0.3, -0.25) is 0 Å². The van der Waals surface area contributed by atoms with Crippen LogP contribution in [0.1, 0.15) is 12.8 Å². The lowest BCUT2D eigenvalue weighted by atomic mass is 10.2. The third kappa shape index (κ3) is 2.25. The van der Waals surface area contributed by atoms with Crippen molar-refractivity contribution >= 4 is 10.0 Å². The molecule has 1 aliphatic heterocycles. The van der Waals surface area contributed by atoms with Crippen LogP contribution < -0.4 is 0 Å². The first-order valence-electron chi connectivity index (χ1n) is 5.18. The number of hydrogen-bond donors (Lipinski definition) is 0. The van der Waals surface area contributed by atoms with E-state index in [0.717, 1.165) is 18.9 Å². The van der Waals surface area contributed by atoms with Crippen LogP contribution in [0.15, 0.2) is 29.2 Å². The van der Waals surface area contributed by atoms with E-state index in [2.05, 4.69) is 6.42 Å². The molecule has 0 N–H and O–H groups in total. The summed E-state index contributed by atoms with van der Waals surface area (Å²) in [6.45, 7) is 0.970. The van der Waals surface area contributed by atoms with Crippen molar-refractivity contribution in [3.05, 3.63) is 36.5 Å². The van der Waals surface area contributed by atoms with Crippen molar-refractivity contribution in [2.75, 3.05) is 13.1 Å². The van der Waals surface area contributed by atoms with Crippen LogP contribution in [0, 0.1) is 12.2 Å². The molecule has 0 spiro atoms. The molecule has 1 radical (unpaired) electrons. The van der Waals surface area contributed by atoms with Gasteiger partial charge in [-0.05, 0) is 37.5 Å². The highest BCUT2D eigenvalue weighted by atomic mass is 32.2. The Kier molecular flexibility index (Phi) is 3.25. The van der Waals surface area contributed by atoms with Gasteiger partial charge in [0.15, 0.2) is 0 Å². The predicted molar refractivity (Wildman–Crippen MR) is 58.7 cm³/mol. The van der Waals surface area contributed by atoms with E-state index in [-0.39, 0.29) is 4.90 Å². The summed E-state index contributed by atoms with van der Waals surface area (Å²) in [4.78, 5) is 0.0365. The van der Waals surface area contributed by atoms with Gasteiger partial charge in [0.1, 0.15) is 5.82 Å². The minimum absolute atomic E-state index is 0.0365. The van der Waals surface area contributed by atoms with E-state index in [9.17, 15) is 12.8 Å². The maximum absolute atomic E-state index is 13.0. The normalized spacial score (nSPS) is 18.6. The number of nitrogens with zero attached hydrogens (tertiary/aromatic N) is 1. The lowest BCUT2D eigenvalue weighted by molar-refractivity contribution is 0.383. The van der Waals surface area contributed by atoms with Gasteiger partial charge in [-0.25, -0.2) is 12.8 Å². The Morgan fingerprint density at radius 1 is 1.19 bits per heavy atom. The maximum Gasteiger partial charge on any atom is 0.243 e. The quantitative estimate of drug-likeness (QED) is 0.793. The Morgan fingerprint density at radius 2 is 1.88 bits per heavy atom. The minimum atomic E-state index is -3.51. The molecule has 1 heterocycles. The van der Waals surface area contributed by atoms with Crippen molar-refractivity contribution < 1.29 is 12.8 Å². The van der Waals surface area contributed by atoms with Crippen LogP contribution in [0.2, 0.25) is 0 Å². The smallest absolute Gasteiger partial charge is 0.207 e. The van der Waals surface area contributed by atoms with Gasteiger partial charge < -0.3 is 0 Å². The molecule has 1 aromatic rings. The summed E-state index contributed by atoms with van der Waals surface area (Å²) in [5.41, 5.74) is 0. The molecule has 1 aromatic carbocycles. The Hall–Kier alpha value is -0.940. The average Bonchev–Trinajstić information content (AvgIpc) is 2.30. The Morgan fingerprint density at radius 3 is 2.50 bits per heavy atom. The minimum Gasteiger partial charge on any atom is -0.207 e. The largest absolute Gasteiger partial charge is 0.243 e. The van der Waals surface area contributed by atoms with E-state index in [1.165, 1.54) is 22.5 Å². The first-order chi connectivity index (χ1) is 7.60. The summed E-state index contributed by atoms with van der Waals surface area (Å²) in [6, 6.07) is 5.14. The molecular formula is C11H13FNO2S. The summed E-state index contributed by atoms with van der Waals surface area (Å²) < 4.78 is 38.5. The molecule has 0 unspecified atom stereocenters. The molecule has 0 atom stereocenters. The zero-order valence-electron chi connectivity index (χ0n) is 8.77. The van der Waals surface area contributed by atoms with Crippen LogP contribution in [0.3, 0.4) is 0 Å². The second kappa shape index (κ2) is 4.51. The third-order valence-corrected chi connectivity index (χ3v) is 4.49. The van der Waals surface area contributed by atoms with Crippen LogP contribution in [-0.4, -0.2) is 25.8 Å². The number of rotatable bonds is 2. The number of sulfonamides is 1. The van der Waals surface area contributed by atoms with E-state index in [1.807, 2.05) is 0 Å². The lowest BCUT2D eigenvalue weighted by Gasteiger charge is -2.25. The number of piperidine rings is 1. The summed E-state index contributed by atoms with van der Waals surface area (Å²) in [7, 11) is -3.51. The number of benzene rings is 1. The van der Waals surface area contributed by atoms with Crippen molar-refractivity contribution in [2.24, 2.45) is 0 Å². The van der Waals surface area contributed by atoms with Gasteiger partial charge in [-0.2, -0.15) is 4.31 Å². The van der Waals surface area contributed by atoms with Gasteiger partial charge in [0.2, 0.25) is 10.0 Å². The summed E-state index contributed by atoms with van der Waals surface area (Å²) in [6.07, 6.45) is 3.58. The molecule has 0 aliphatic carbocycles. The molecule has 2 rings (SSSR count). The molecule has 1 saturated heterocycles. The first-order valence-corrected chi connectivity index (χ1v) is 6.62. The molecule has 5 heteroatoms. The predicted octanol–water partition coefficient (Wildman–Crippen LogP) is 1.81. The van der Waals surface area contributed by atoms with Gasteiger partial charge in [0.05, 0.1) is 4.90 Å². The monoisotopic (exact) mass is 242 g/mol. The molecule has 16 heavy (non-hydrogen) atoms. The number of hydrogen-bond acceptors (Lipinski definition) is 2. The second-order valence-corrected chi connectivity index (χ2v) is 5.67. The van der Waals surface area contributed by atoms with Gasteiger partial charge in [0, 0.05) is 13.1 Å². The molecule has 3 nitrogen and oxygen atoms in total. The van der Waals surface area contributed by atoms with E-state index in [1.54, 1.807) is 0 Å². The van der Waals surface area contributed by atoms with E-state index in [0.29, 0.717) is 13.1 Å². The summed E-state index contributed by atoms with van der Waals surface area (Å²) in [5, 5.41) is 0. The average molecular weight is 242 g/mol. The fraction of sp³-hybridized carbons (Fsp3) is 0.364. The Labute approximate surface area is 94.9 Å². The van der Waals surface area contributed by atoms with Crippen LogP contribution in [-0.2, 0) is 10.0 Å². The first kappa shape index (κ1) is 11.5. The lowest BCUT2D eigenvalue weighted by Crippen LogP contribution is -2.35. The fourth-order valence-electron chi connectivity index (χ4n) is 1.74. The standard InChI is InChI=1S/C11H13FNO2S/c12-10-5-4-6-11(9-10)16(14,15)13-7-2-1-3-8-13/h1,4-6,9H,2-3,7-8H2. The highest BCUT2D eigenvalue weighted by Gasteiger charge is 2.25. The Bertz CT molecular complexity index is 467. The van der Waals surface area contributed by atoms with Crippen LogP contribution in [0.4, 0.5) is 4.39 Å². The van der Waals surface area contributed by atoms with Crippen molar-refractivity contribution in [1.82, 2.24) is 4.31 Å². The molecule has 0 bridgehead atoms. The number of halogens is 1. The summed E-state index contributed by atoms with van der Waals surface area (Å²) in [5.74, 6) is -0.523. The zero-order valence-corrected chi connectivity index (χ0v) is 9.58. The van der Waals surface area contributed by atoms with Crippen LogP contribution >= 0.6 is 0 Å². The highest BCUT2D eigenvalue weighted by Crippen LogP contribution is 2.20. The van der Waals surface area contributed by atoms with Gasteiger partial charge in [-0.15, -0.1) is 0 Å². The molecule has 1 aliphatic rings. The fourth-order valence-corrected chi connectivity index (χ4v) is 3.25. The van der Waals surface area contributed by atoms with Crippen LogP contribution in [0.5, 0.6) is 0 Å². The Balaban J connectivity index is 2.30. The molecular weight excluding hydrogens is 229 g/mol. The van der Waals surface area contributed by atoms with Crippen molar-refractivity contribution in [3.63, 3.8) is 0 Å². The molecule has 0 saturated carbocycles. The second-order valence-electron chi connectivity index (χ2n) is 3.73. The molecule has 1 fully saturated rings. The van der Waals surface area contributed by atoms with Crippen LogP contribution in [0.25, 0.3) is 0 Å². The highest BCUT2D eigenvalue weighted by molar-refractivity contribution is 7.89.